The molecule has 0 saturated carbocycles. The number of ether oxygens (including phenoxy) is 1. The summed E-state index contributed by atoms with van der Waals surface area (Å²) in [7, 11) is 0. The van der Waals surface area contributed by atoms with Gasteiger partial charge < -0.3 is 10.1 Å². The van der Waals surface area contributed by atoms with Gasteiger partial charge in [0.2, 0.25) is 5.88 Å². The quantitative estimate of drug-likeness (QED) is 0.893. The number of nitrogens with one attached hydrogen (secondary N) is 1. The van der Waals surface area contributed by atoms with E-state index in [2.05, 4.69) is 15.3 Å². The summed E-state index contributed by atoms with van der Waals surface area (Å²) in [6.45, 7) is 6.65. The van der Waals surface area contributed by atoms with Gasteiger partial charge in [0.1, 0.15) is 5.82 Å². The molecule has 2 rings (SSSR count). The first kappa shape index (κ1) is 13.3. The molecule has 2 heterocycles. The molecule has 0 aliphatic rings. The van der Waals surface area contributed by atoms with Gasteiger partial charge in [-0.05, 0) is 38.5 Å². The minimum absolute atomic E-state index is 0.117. The molecule has 4 heteroatoms. The largest absolute Gasteiger partial charge is 0.475 e. The van der Waals surface area contributed by atoms with Crippen LogP contribution in [0.25, 0.3) is 0 Å². The number of aromatic nitrogens is 2. The van der Waals surface area contributed by atoms with Crippen molar-refractivity contribution in [3.63, 3.8) is 0 Å². The highest BCUT2D eigenvalue weighted by Gasteiger charge is 2.06. The Morgan fingerprint density at radius 2 is 2.05 bits per heavy atom. The minimum atomic E-state index is 0.117. The predicted molar refractivity (Wildman–Crippen MR) is 76.3 cm³/mol. The third-order valence-corrected chi connectivity index (χ3v) is 2.57. The summed E-state index contributed by atoms with van der Waals surface area (Å²) in [4.78, 5) is 8.57. The monoisotopic (exact) mass is 257 g/mol. The van der Waals surface area contributed by atoms with Crippen molar-refractivity contribution in [2.45, 2.75) is 33.4 Å². The molecule has 0 radical (unpaired) electrons. The molecule has 0 atom stereocenters. The molecule has 19 heavy (non-hydrogen) atoms. The zero-order valence-corrected chi connectivity index (χ0v) is 11.6. The molecule has 0 fully saturated rings. The van der Waals surface area contributed by atoms with E-state index in [0.717, 1.165) is 16.9 Å². The fourth-order valence-corrected chi connectivity index (χ4v) is 1.65. The number of anilines is 1. The highest BCUT2D eigenvalue weighted by molar-refractivity contribution is 5.38. The van der Waals surface area contributed by atoms with Crippen molar-refractivity contribution in [1.82, 2.24) is 9.97 Å². The Morgan fingerprint density at radius 3 is 2.74 bits per heavy atom. The second-order valence-corrected chi connectivity index (χ2v) is 4.71. The Morgan fingerprint density at radius 1 is 1.21 bits per heavy atom. The number of hydrogen-bond acceptors (Lipinski definition) is 4. The third-order valence-electron chi connectivity index (χ3n) is 2.57. The molecule has 4 nitrogen and oxygen atoms in total. The number of aryl methyl sites for hydroxylation is 1. The van der Waals surface area contributed by atoms with Crippen LogP contribution in [0.1, 0.15) is 25.0 Å². The normalized spacial score (nSPS) is 10.5. The highest BCUT2D eigenvalue weighted by Crippen LogP contribution is 2.17. The standard InChI is InChI=1S/C15H19N3O/c1-11(2)19-15-13(5-4-8-16-15)10-18-14-7-6-12(3)9-17-14/h4-9,11H,10H2,1-3H3,(H,17,18). The highest BCUT2D eigenvalue weighted by atomic mass is 16.5. The van der Waals surface area contributed by atoms with Crippen molar-refractivity contribution >= 4 is 5.82 Å². The van der Waals surface area contributed by atoms with E-state index >= 15 is 0 Å². The van der Waals surface area contributed by atoms with Gasteiger partial charge in [0.15, 0.2) is 0 Å². The number of nitrogens with zero attached hydrogens (tertiary/aromatic N) is 2. The van der Waals surface area contributed by atoms with Crippen molar-refractivity contribution < 1.29 is 4.74 Å². The van der Waals surface area contributed by atoms with Crippen molar-refractivity contribution in [2.75, 3.05) is 5.32 Å². The number of rotatable bonds is 5. The summed E-state index contributed by atoms with van der Waals surface area (Å²) >= 11 is 0. The van der Waals surface area contributed by atoms with E-state index in [1.807, 2.05) is 51.2 Å². The van der Waals surface area contributed by atoms with Crippen LogP contribution in [-0.4, -0.2) is 16.1 Å². The van der Waals surface area contributed by atoms with Gasteiger partial charge in [-0.15, -0.1) is 0 Å². The van der Waals surface area contributed by atoms with Crippen molar-refractivity contribution in [3.05, 3.63) is 47.8 Å². The third kappa shape index (κ3) is 3.95. The summed E-state index contributed by atoms with van der Waals surface area (Å²) in [5, 5.41) is 3.27. The van der Waals surface area contributed by atoms with E-state index in [-0.39, 0.29) is 6.10 Å². The lowest BCUT2D eigenvalue weighted by Crippen LogP contribution is -2.10. The van der Waals surface area contributed by atoms with E-state index in [1.54, 1.807) is 6.20 Å². The van der Waals surface area contributed by atoms with Gasteiger partial charge in [0, 0.05) is 24.5 Å². The van der Waals surface area contributed by atoms with Gasteiger partial charge in [-0.3, -0.25) is 0 Å². The molecular weight excluding hydrogens is 238 g/mol. The molecule has 0 aliphatic carbocycles. The maximum absolute atomic E-state index is 5.68. The Balaban J connectivity index is 2.04. The Kier molecular flexibility index (Phi) is 4.34. The fraction of sp³-hybridized carbons (Fsp3) is 0.333. The van der Waals surface area contributed by atoms with Crippen molar-refractivity contribution in [2.24, 2.45) is 0 Å². The van der Waals surface area contributed by atoms with Crippen LogP contribution >= 0.6 is 0 Å². The Hall–Kier alpha value is -2.10. The first-order valence-electron chi connectivity index (χ1n) is 6.42. The first-order valence-corrected chi connectivity index (χ1v) is 6.42. The molecule has 100 valence electrons. The average molecular weight is 257 g/mol. The van der Waals surface area contributed by atoms with Crippen LogP contribution in [0, 0.1) is 6.92 Å². The lowest BCUT2D eigenvalue weighted by atomic mass is 10.2. The van der Waals surface area contributed by atoms with Crippen LogP contribution in [0.15, 0.2) is 36.7 Å². The van der Waals surface area contributed by atoms with Gasteiger partial charge in [-0.25, -0.2) is 9.97 Å². The molecule has 0 unspecified atom stereocenters. The number of pyridine rings is 2. The van der Waals surface area contributed by atoms with Gasteiger partial charge in [0.05, 0.1) is 6.10 Å². The smallest absolute Gasteiger partial charge is 0.218 e. The SMILES string of the molecule is Cc1ccc(NCc2cccnc2OC(C)C)nc1. The van der Waals surface area contributed by atoms with Crippen LogP contribution in [0.5, 0.6) is 5.88 Å². The summed E-state index contributed by atoms with van der Waals surface area (Å²) in [5.74, 6) is 1.53. The predicted octanol–water partition coefficient (Wildman–Crippen LogP) is 3.18. The molecule has 0 amide bonds. The lowest BCUT2D eigenvalue weighted by molar-refractivity contribution is 0.230. The molecule has 2 aromatic heterocycles. The van der Waals surface area contributed by atoms with E-state index in [4.69, 9.17) is 4.74 Å². The van der Waals surface area contributed by atoms with Crippen molar-refractivity contribution in [1.29, 1.82) is 0 Å². The molecule has 0 spiro atoms. The van der Waals surface area contributed by atoms with Crippen LogP contribution in [0.4, 0.5) is 5.82 Å². The molecule has 0 saturated heterocycles. The Labute approximate surface area is 113 Å². The van der Waals surface area contributed by atoms with Gasteiger partial charge in [-0.2, -0.15) is 0 Å². The van der Waals surface area contributed by atoms with Crippen LogP contribution in [-0.2, 0) is 6.54 Å². The molecule has 1 N–H and O–H groups in total. The van der Waals surface area contributed by atoms with Gasteiger partial charge in [-0.1, -0.05) is 12.1 Å². The van der Waals surface area contributed by atoms with E-state index in [9.17, 15) is 0 Å². The molecule has 0 aromatic carbocycles. The van der Waals surface area contributed by atoms with Gasteiger partial charge in [0.25, 0.3) is 0 Å². The Bertz CT molecular complexity index is 523. The molecule has 0 bridgehead atoms. The van der Waals surface area contributed by atoms with Crippen molar-refractivity contribution in [3.8, 4) is 5.88 Å². The zero-order chi connectivity index (χ0) is 13.7. The summed E-state index contributed by atoms with van der Waals surface area (Å²) in [5.41, 5.74) is 2.18. The summed E-state index contributed by atoms with van der Waals surface area (Å²) in [6, 6.07) is 7.91. The van der Waals surface area contributed by atoms with E-state index in [0.29, 0.717) is 12.4 Å². The van der Waals surface area contributed by atoms with E-state index < -0.39 is 0 Å². The molecule has 0 aliphatic heterocycles. The topological polar surface area (TPSA) is 47.0 Å². The zero-order valence-electron chi connectivity index (χ0n) is 11.6. The lowest BCUT2D eigenvalue weighted by Gasteiger charge is -2.13. The van der Waals surface area contributed by atoms with Gasteiger partial charge >= 0.3 is 0 Å². The second kappa shape index (κ2) is 6.18. The average Bonchev–Trinajstić information content (AvgIpc) is 2.39. The fourth-order valence-electron chi connectivity index (χ4n) is 1.65. The van der Waals surface area contributed by atoms with Crippen LogP contribution in [0.3, 0.4) is 0 Å². The van der Waals surface area contributed by atoms with Crippen LogP contribution < -0.4 is 10.1 Å². The minimum Gasteiger partial charge on any atom is -0.475 e. The molecule has 2 aromatic rings. The molecular formula is C15H19N3O. The first-order chi connectivity index (χ1) is 9.15. The maximum Gasteiger partial charge on any atom is 0.218 e. The maximum atomic E-state index is 5.68. The summed E-state index contributed by atoms with van der Waals surface area (Å²) in [6.07, 6.45) is 3.70. The second-order valence-electron chi connectivity index (χ2n) is 4.71. The van der Waals surface area contributed by atoms with E-state index in [1.165, 1.54) is 0 Å². The summed E-state index contributed by atoms with van der Waals surface area (Å²) < 4.78 is 5.68. The van der Waals surface area contributed by atoms with Crippen LogP contribution in [0.2, 0.25) is 0 Å². The number of hydrogen-bond donors (Lipinski definition) is 1.